The maximum Gasteiger partial charge on any atom is 0.226 e. The monoisotopic (exact) mass is 287 g/mol. The van der Waals surface area contributed by atoms with E-state index in [0.717, 1.165) is 55.8 Å². The molecule has 110 valence electrons. The Bertz CT molecular complexity index is 613. The second-order valence-electron chi connectivity index (χ2n) is 6.02. The van der Waals surface area contributed by atoms with Gasteiger partial charge in [-0.15, -0.1) is 0 Å². The zero-order valence-electron chi connectivity index (χ0n) is 11.8. The highest BCUT2D eigenvalue weighted by molar-refractivity contribution is 5.52. The first-order valence-corrected chi connectivity index (χ1v) is 7.41. The molecule has 1 aromatic heterocycles. The van der Waals surface area contributed by atoms with Crippen LogP contribution in [0, 0.1) is 17.7 Å². The molecule has 2 aliphatic rings. The highest BCUT2D eigenvalue weighted by Gasteiger charge is 2.36. The number of aromatic nitrogens is 1. The lowest BCUT2D eigenvalue weighted by atomic mass is 10.0. The van der Waals surface area contributed by atoms with Crippen molar-refractivity contribution >= 4 is 0 Å². The highest BCUT2D eigenvalue weighted by atomic mass is 19.1. The topological polar surface area (TPSA) is 41.3 Å². The highest BCUT2D eigenvalue weighted by Crippen LogP contribution is 2.28. The van der Waals surface area contributed by atoms with E-state index >= 15 is 0 Å². The van der Waals surface area contributed by atoms with Crippen LogP contribution in [-0.2, 0) is 6.54 Å². The van der Waals surface area contributed by atoms with E-state index < -0.39 is 0 Å². The predicted molar refractivity (Wildman–Crippen MR) is 77.0 cm³/mol. The van der Waals surface area contributed by atoms with Crippen molar-refractivity contribution in [2.75, 3.05) is 26.2 Å². The van der Waals surface area contributed by atoms with Crippen molar-refractivity contribution < 1.29 is 8.81 Å². The molecule has 2 aliphatic heterocycles. The number of fused-ring (bicyclic) bond motifs is 1. The van der Waals surface area contributed by atoms with E-state index in [2.05, 4.69) is 15.2 Å². The molecular weight excluding hydrogens is 269 g/mol. The van der Waals surface area contributed by atoms with Gasteiger partial charge < -0.3 is 9.73 Å². The molecule has 0 aliphatic carbocycles. The Kier molecular flexibility index (Phi) is 3.24. The fourth-order valence-corrected chi connectivity index (χ4v) is 3.42. The summed E-state index contributed by atoms with van der Waals surface area (Å²) in [5, 5.41) is 3.45. The fourth-order valence-electron chi connectivity index (χ4n) is 3.42. The van der Waals surface area contributed by atoms with Crippen molar-refractivity contribution in [3.63, 3.8) is 0 Å². The van der Waals surface area contributed by atoms with Crippen molar-refractivity contribution in [1.82, 2.24) is 15.2 Å². The van der Waals surface area contributed by atoms with E-state index in [4.69, 9.17) is 4.42 Å². The molecule has 4 rings (SSSR count). The Labute approximate surface area is 123 Å². The normalized spacial score (nSPS) is 25.4. The summed E-state index contributed by atoms with van der Waals surface area (Å²) in [5.41, 5.74) is 1.76. The first kappa shape index (κ1) is 13.0. The molecule has 2 aromatic rings. The smallest absolute Gasteiger partial charge is 0.226 e. The number of hydrogen-bond donors (Lipinski definition) is 1. The van der Waals surface area contributed by atoms with E-state index in [-0.39, 0.29) is 5.82 Å². The van der Waals surface area contributed by atoms with Crippen LogP contribution in [0.3, 0.4) is 0 Å². The van der Waals surface area contributed by atoms with Gasteiger partial charge in [-0.1, -0.05) is 0 Å². The van der Waals surface area contributed by atoms with Gasteiger partial charge in [0, 0.05) is 25.2 Å². The molecule has 2 fully saturated rings. The minimum Gasteiger partial charge on any atom is -0.444 e. The lowest BCUT2D eigenvalue weighted by Crippen LogP contribution is -2.25. The summed E-state index contributed by atoms with van der Waals surface area (Å²) in [6.45, 7) is 5.38. The zero-order chi connectivity index (χ0) is 14.2. The van der Waals surface area contributed by atoms with Crippen molar-refractivity contribution in [3.05, 3.63) is 42.0 Å². The first-order valence-electron chi connectivity index (χ1n) is 7.41. The van der Waals surface area contributed by atoms with Crippen molar-refractivity contribution in [3.8, 4) is 11.5 Å². The zero-order valence-corrected chi connectivity index (χ0v) is 11.8. The van der Waals surface area contributed by atoms with E-state index in [1.165, 1.54) is 12.1 Å². The minimum absolute atomic E-state index is 0.247. The van der Waals surface area contributed by atoms with Crippen LogP contribution in [0.1, 0.15) is 5.69 Å². The van der Waals surface area contributed by atoms with Gasteiger partial charge in [0.25, 0.3) is 0 Å². The molecule has 0 amide bonds. The fraction of sp³-hybridized carbons (Fsp3) is 0.438. The van der Waals surface area contributed by atoms with Crippen molar-refractivity contribution in [2.24, 2.45) is 11.8 Å². The molecule has 2 atom stereocenters. The molecule has 3 heterocycles. The van der Waals surface area contributed by atoms with Gasteiger partial charge in [0.2, 0.25) is 5.89 Å². The van der Waals surface area contributed by atoms with E-state index in [1.54, 1.807) is 18.4 Å². The maximum absolute atomic E-state index is 12.9. The third kappa shape index (κ3) is 2.59. The van der Waals surface area contributed by atoms with Gasteiger partial charge in [0.15, 0.2) is 0 Å². The molecule has 0 bridgehead atoms. The molecule has 5 heteroatoms. The number of oxazole rings is 1. The lowest BCUT2D eigenvalue weighted by Gasteiger charge is -2.14. The lowest BCUT2D eigenvalue weighted by molar-refractivity contribution is 0.302. The summed E-state index contributed by atoms with van der Waals surface area (Å²) in [7, 11) is 0. The minimum atomic E-state index is -0.247. The molecule has 0 spiro atoms. The Hall–Kier alpha value is -1.72. The number of nitrogens with one attached hydrogen (secondary N) is 1. The van der Waals surface area contributed by atoms with Crippen molar-refractivity contribution in [1.29, 1.82) is 0 Å². The molecule has 21 heavy (non-hydrogen) atoms. The van der Waals surface area contributed by atoms with Crippen LogP contribution >= 0.6 is 0 Å². The van der Waals surface area contributed by atoms with Gasteiger partial charge in [0.05, 0.1) is 5.69 Å². The second kappa shape index (κ2) is 5.24. The van der Waals surface area contributed by atoms with Crippen LogP contribution in [-0.4, -0.2) is 36.1 Å². The van der Waals surface area contributed by atoms with Gasteiger partial charge in [-0.05, 0) is 49.2 Å². The summed E-state index contributed by atoms with van der Waals surface area (Å²) in [5.74, 6) is 1.88. The standard InChI is InChI=1S/C16H18FN3O/c17-14-3-1-11(2-4-14)16-19-15(10-21-16)9-20-7-12-5-18-6-13(12)8-20/h1-4,10,12-13,18H,5-9H2. The van der Waals surface area contributed by atoms with Gasteiger partial charge >= 0.3 is 0 Å². The number of rotatable bonds is 3. The summed E-state index contributed by atoms with van der Waals surface area (Å²) >= 11 is 0. The van der Waals surface area contributed by atoms with E-state index in [1.807, 2.05) is 0 Å². The number of likely N-dealkylation sites (tertiary alicyclic amines) is 1. The number of hydrogen-bond acceptors (Lipinski definition) is 4. The SMILES string of the molecule is Fc1ccc(-c2nc(CN3CC4CNCC4C3)co2)cc1. The molecular formula is C16H18FN3O. The average Bonchev–Trinajstić information content (AvgIpc) is 3.16. The first-order chi connectivity index (χ1) is 10.3. The molecule has 1 aromatic carbocycles. The molecule has 1 N–H and O–H groups in total. The summed E-state index contributed by atoms with van der Waals surface area (Å²) in [6, 6.07) is 6.23. The van der Waals surface area contributed by atoms with Crippen LogP contribution in [0.25, 0.3) is 11.5 Å². The quantitative estimate of drug-likeness (QED) is 0.939. The van der Waals surface area contributed by atoms with Crippen LogP contribution < -0.4 is 5.32 Å². The Balaban J connectivity index is 1.44. The molecule has 4 nitrogen and oxygen atoms in total. The number of halogens is 1. The molecule has 2 unspecified atom stereocenters. The average molecular weight is 287 g/mol. The van der Waals surface area contributed by atoms with Crippen LogP contribution in [0.15, 0.2) is 34.9 Å². The van der Waals surface area contributed by atoms with E-state index in [9.17, 15) is 4.39 Å². The third-order valence-corrected chi connectivity index (χ3v) is 4.49. The van der Waals surface area contributed by atoms with Crippen LogP contribution in [0.2, 0.25) is 0 Å². The van der Waals surface area contributed by atoms with Crippen molar-refractivity contribution in [2.45, 2.75) is 6.54 Å². The number of benzene rings is 1. The van der Waals surface area contributed by atoms with Gasteiger partial charge in [-0.25, -0.2) is 9.37 Å². The molecule has 2 saturated heterocycles. The van der Waals surface area contributed by atoms with Crippen LogP contribution in [0.5, 0.6) is 0 Å². The van der Waals surface area contributed by atoms with Crippen LogP contribution in [0.4, 0.5) is 4.39 Å². The number of nitrogens with zero attached hydrogens (tertiary/aromatic N) is 2. The summed E-state index contributed by atoms with van der Waals surface area (Å²) in [6.07, 6.45) is 1.71. The molecule has 0 radical (unpaired) electrons. The Morgan fingerprint density at radius 2 is 1.90 bits per heavy atom. The van der Waals surface area contributed by atoms with Gasteiger partial charge in [-0.3, -0.25) is 4.90 Å². The predicted octanol–water partition coefficient (Wildman–Crippen LogP) is 2.13. The van der Waals surface area contributed by atoms with Gasteiger partial charge in [0.1, 0.15) is 12.1 Å². The van der Waals surface area contributed by atoms with E-state index in [0.29, 0.717) is 5.89 Å². The molecule has 0 saturated carbocycles. The third-order valence-electron chi connectivity index (χ3n) is 4.49. The maximum atomic E-state index is 12.9. The second-order valence-corrected chi connectivity index (χ2v) is 6.02. The largest absolute Gasteiger partial charge is 0.444 e. The summed E-state index contributed by atoms with van der Waals surface area (Å²) in [4.78, 5) is 6.97. The Morgan fingerprint density at radius 1 is 1.19 bits per heavy atom. The summed E-state index contributed by atoms with van der Waals surface area (Å²) < 4.78 is 18.5. The van der Waals surface area contributed by atoms with Gasteiger partial charge in [-0.2, -0.15) is 0 Å². The Morgan fingerprint density at radius 3 is 2.62 bits per heavy atom.